The average Bonchev–Trinajstić information content (AvgIpc) is 2.77. The normalized spacial score (nSPS) is 19.1. The molecule has 0 atom stereocenters. The van der Waals surface area contributed by atoms with Crippen LogP contribution in [0.5, 0.6) is 0 Å². The van der Waals surface area contributed by atoms with Crippen molar-refractivity contribution in [3.63, 3.8) is 0 Å². The molecule has 0 aromatic carbocycles. The van der Waals surface area contributed by atoms with Crippen LogP contribution < -0.4 is 0 Å². The monoisotopic (exact) mass is 360 g/mol. The molecule has 0 radical (unpaired) electrons. The second-order valence-electron chi connectivity index (χ2n) is 5.87. The Balaban J connectivity index is 1.79. The second-order valence-corrected chi connectivity index (χ2v) is 5.87. The minimum absolute atomic E-state index is 0.110. The summed E-state index contributed by atoms with van der Waals surface area (Å²) in [6, 6.07) is 0. The van der Waals surface area contributed by atoms with E-state index in [2.05, 4.69) is 16.6 Å². The third kappa shape index (κ3) is 6.81. The van der Waals surface area contributed by atoms with Crippen molar-refractivity contribution in [2.24, 2.45) is 0 Å². The Bertz CT molecular complexity index is 548. The fraction of sp³-hybridized carbons (Fsp3) is 0.588. The Morgan fingerprint density at radius 1 is 1.20 bits per heavy atom. The Hall–Kier alpha value is -1.96. The Morgan fingerprint density at radius 2 is 1.92 bits per heavy atom. The van der Waals surface area contributed by atoms with Crippen LogP contribution >= 0.6 is 0 Å². The van der Waals surface area contributed by atoms with E-state index in [-0.39, 0.29) is 18.3 Å². The van der Waals surface area contributed by atoms with Crippen molar-refractivity contribution in [3.8, 4) is 0 Å². The van der Waals surface area contributed by atoms with Crippen molar-refractivity contribution >= 4 is 5.91 Å². The summed E-state index contributed by atoms with van der Waals surface area (Å²) in [6.07, 6.45) is 1.98. The molecule has 1 aliphatic heterocycles. The van der Waals surface area contributed by atoms with E-state index in [9.17, 15) is 18.0 Å². The van der Waals surface area contributed by atoms with Gasteiger partial charge in [0.2, 0.25) is 0 Å². The number of allylic oxidation sites excluding steroid dienone is 4. The minimum Gasteiger partial charge on any atom is -0.488 e. The van der Waals surface area contributed by atoms with Crippen molar-refractivity contribution in [1.29, 1.82) is 0 Å². The number of carbonyl (C=O) groups excluding carboxylic acids is 1. The molecule has 8 heteroatoms. The van der Waals surface area contributed by atoms with Gasteiger partial charge in [0.05, 0.1) is 0 Å². The SMILES string of the molecule is CCCN1CCN(C(=O)COC2=CC=C(OC(F)(F)F)C=CC2)CC1. The lowest BCUT2D eigenvalue weighted by Gasteiger charge is -2.34. The van der Waals surface area contributed by atoms with Crippen molar-refractivity contribution in [3.05, 3.63) is 35.8 Å². The number of carbonyl (C=O) groups is 1. The van der Waals surface area contributed by atoms with Crippen LogP contribution in [0.15, 0.2) is 35.8 Å². The van der Waals surface area contributed by atoms with Crippen LogP contribution in [0.3, 0.4) is 0 Å². The van der Waals surface area contributed by atoms with Crippen molar-refractivity contribution in [1.82, 2.24) is 9.80 Å². The highest BCUT2D eigenvalue weighted by Gasteiger charge is 2.31. The number of ether oxygens (including phenoxy) is 2. The van der Waals surface area contributed by atoms with Crippen LogP contribution in [0.1, 0.15) is 19.8 Å². The highest BCUT2D eigenvalue weighted by molar-refractivity contribution is 5.77. The molecular formula is C17H23F3N2O3. The average molecular weight is 360 g/mol. The van der Waals surface area contributed by atoms with Gasteiger partial charge < -0.3 is 14.4 Å². The molecule has 1 saturated heterocycles. The molecular weight excluding hydrogens is 337 g/mol. The molecule has 0 aromatic heterocycles. The van der Waals surface area contributed by atoms with Gasteiger partial charge in [0, 0.05) is 32.6 Å². The molecule has 5 nitrogen and oxygen atoms in total. The van der Waals surface area contributed by atoms with Gasteiger partial charge in [-0.05, 0) is 31.2 Å². The first-order chi connectivity index (χ1) is 11.9. The van der Waals surface area contributed by atoms with Gasteiger partial charge in [-0.3, -0.25) is 9.69 Å². The summed E-state index contributed by atoms with van der Waals surface area (Å²) in [5.41, 5.74) is 0. The van der Waals surface area contributed by atoms with Crippen molar-refractivity contribution in [2.75, 3.05) is 39.3 Å². The predicted molar refractivity (Wildman–Crippen MR) is 86.3 cm³/mol. The third-order valence-corrected chi connectivity index (χ3v) is 3.91. The maximum absolute atomic E-state index is 12.2. The summed E-state index contributed by atoms with van der Waals surface area (Å²) in [4.78, 5) is 16.3. The Morgan fingerprint density at radius 3 is 2.56 bits per heavy atom. The van der Waals surface area contributed by atoms with Crippen LogP contribution in [-0.2, 0) is 14.3 Å². The number of amides is 1. The highest BCUT2D eigenvalue weighted by atomic mass is 19.4. The molecule has 0 N–H and O–H groups in total. The third-order valence-electron chi connectivity index (χ3n) is 3.91. The van der Waals surface area contributed by atoms with Crippen molar-refractivity contribution < 1.29 is 27.4 Å². The number of piperazine rings is 1. The largest absolute Gasteiger partial charge is 0.573 e. The maximum atomic E-state index is 12.2. The molecule has 1 amide bonds. The van der Waals surface area contributed by atoms with E-state index in [1.807, 2.05) is 0 Å². The molecule has 2 aliphatic rings. The molecule has 1 fully saturated rings. The first kappa shape index (κ1) is 19.4. The Kier molecular flexibility index (Phi) is 6.92. The van der Waals surface area contributed by atoms with E-state index in [4.69, 9.17) is 4.74 Å². The minimum atomic E-state index is -4.73. The summed E-state index contributed by atoms with van der Waals surface area (Å²) in [5, 5.41) is 0. The number of halogens is 3. The van der Waals surface area contributed by atoms with E-state index in [0.717, 1.165) is 26.1 Å². The Labute approximate surface area is 145 Å². The molecule has 0 bridgehead atoms. The maximum Gasteiger partial charge on any atom is 0.573 e. The van der Waals surface area contributed by atoms with Gasteiger partial charge in [0.25, 0.3) is 5.91 Å². The highest BCUT2D eigenvalue weighted by Crippen LogP contribution is 2.23. The van der Waals surface area contributed by atoms with E-state index in [0.29, 0.717) is 25.3 Å². The van der Waals surface area contributed by atoms with Gasteiger partial charge >= 0.3 is 6.36 Å². The van der Waals surface area contributed by atoms with Gasteiger partial charge in [0.1, 0.15) is 11.5 Å². The molecule has 2 rings (SSSR count). The predicted octanol–water partition coefficient (Wildman–Crippen LogP) is 2.82. The molecule has 25 heavy (non-hydrogen) atoms. The van der Waals surface area contributed by atoms with Crippen LogP contribution in [0.25, 0.3) is 0 Å². The molecule has 0 unspecified atom stereocenters. The molecule has 0 saturated carbocycles. The number of alkyl halides is 3. The lowest BCUT2D eigenvalue weighted by molar-refractivity contribution is -0.303. The molecule has 0 spiro atoms. The van der Waals surface area contributed by atoms with Crippen LogP contribution in [0.4, 0.5) is 13.2 Å². The zero-order valence-corrected chi connectivity index (χ0v) is 14.2. The van der Waals surface area contributed by atoms with E-state index < -0.39 is 6.36 Å². The van der Waals surface area contributed by atoms with Gasteiger partial charge in [-0.25, -0.2) is 0 Å². The van der Waals surface area contributed by atoms with E-state index >= 15 is 0 Å². The van der Waals surface area contributed by atoms with Crippen LogP contribution in [-0.4, -0.2) is 61.4 Å². The standard InChI is InChI=1S/C17H23F3N2O3/c1-2-8-21-9-11-22(12-10-21)16(23)13-24-14-4-3-5-15(7-6-14)25-17(18,19)20/h3,5-7H,2,4,8-13H2,1H3. The van der Waals surface area contributed by atoms with E-state index in [1.54, 1.807) is 4.90 Å². The molecule has 1 heterocycles. The first-order valence-electron chi connectivity index (χ1n) is 8.33. The second kappa shape index (κ2) is 8.94. The number of rotatable bonds is 6. The summed E-state index contributed by atoms with van der Waals surface area (Å²) < 4.78 is 45.9. The fourth-order valence-corrected chi connectivity index (χ4v) is 2.68. The van der Waals surface area contributed by atoms with E-state index in [1.165, 1.54) is 24.3 Å². The van der Waals surface area contributed by atoms with Gasteiger partial charge in [-0.1, -0.05) is 13.0 Å². The smallest absolute Gasteiger partial charge is 0.488 e. The number of hydrogen-bond acceptors (Lipinski definition) is 4. The van der Waals surface area contributed by atoms with Crippen LogP contribution in [0.2, 0.25) is 0 Å². The van der Waals surface area contributed by atoms with Crippen LogP contribution in [0, 0.1) is 0 Å². The van der Waals surface area contributed by atoms with Gasteiger partial charge in [-0.15, -0.1) is 13.2 Å². The zero-order chi connectivity index (χ0) is 18.3. The zero-order valence-electron chi connectivity index (χ0n) is 14.2. The summed E-state index contributed by atoms with van der Waals surface area (Å²) in [7, 11) is 0. The lowest BCUT2D eigenvalue weighted by atomic mass is 10.3. The van der Waals surface area contributed by atoms with Gasteiger partial charge in [-0.2, -0.15) is 0 Å². The van der Waals surface area contributed by atoms with Gasteiger partial charge in [0.15, 0.2) is 6.61 Å². The quantitative estimate of drug-likeness (QED) is 0.731. The topological polar surface area (TPSA) is 42.0 Å². The number of nitrogens with zero attached hydrogens (tertiary/aromatic N) is 2. The number of hydrogen-bond donors (Lipinski definition) is 0. The first-order valence-corrected chi connectivity index (χ1v) is 8.33. The fourth-order valence-electron chi connectivity index (χ4n) is 2.68. The molecule has 1 aliphatic carbocycles. The molecule has 140 valence electrons. The van der Waals surface area contributed by atoms with Crippen molar-refractivity contribution in [2.45, 2.75) is 26.1 Å². The summed E-state index contributed by atoms with van der Waals surface area (Å²) in [6.45, 7) is 6.09. The molecule has 0 aromatic rings. The summed E-state index contributed by atoms with van der Waals surface area (Å²) in [5.74, 6) is 0.000450. The lowest BCUT2D eigenvalue weighted by Crippen LogP contribution is -2.49. The summed E-state index contributed by atoms with van der Waals surface area (Å²) >= 11 is 0.